The number of benzene rings is 2. The van der Waals surface area contributed by atoms with Crippen LogP contribution in [0, 0.1) is 0 Å². The molecule has 0 saturated heterocycles. The minimum absolute atomic E-state index is 0.105. The molecule has 0 bridgehead atoms. The third-order valence-electron chi connectivity index (χ3n) is 6.18. The zero-order valence-electron chi connectivity index (χ0n) is 18.6. The Balaban J connectivity index is 1.75. The molecular weight excluding hydrogens is 458 g/mol. The molecule has 9 heteroatoms. The minimum atomic E-state index is -0.183. The van der Waals surface area contributed by atoms with E-state index in [-0.39, 0.29) is 17.8 Å². The van der Waals surface area contributed by atoms with E-state index in [1.165, 1.54) is 28.6 Å². The highest BCUT2D eigenvalue weighted by molar-refractivity contribution is 7.99. The van der Waals surface area contributed by atoms with Gasteiger partial charge in [0.15, 0.2) is 0 Å². The summed E-state index contributed by atoms with van der Waals surface area (Å²) in [6.07, 6.45) is 1.27. The number of hydrogen-bond donors (Lipinski definition) is 1. The van der Waals surface area contributed by atoms with Gasteiger partial charge >= 0.3 is 5.97 Å². The number of halogens is 1. The first-order valence-electron chi connectivity index (χ1n) is 10.9. The van der Waals surface area contributed by atoms with Crippen LogP contribution in [0.1, 0.15) is 49.8 Å². The van der Waals surface area contributed by atoms with Crippen LogP contribution in [0.3, 0.4) is 0 Å². The highest BCUT2D eigenvalue weighted by Gasteiger charge is 2.33. The van der Waals surface area contributed by atoms with Crippen molar-refractivity contribution in [2.45, 2.75) is 54.9 Å². The highest BCUT2D eigenvalue weighted by Crippen LogP contribution is 2.49. The lowest BCUT2D eigenvalue weighted by molar-refractivity contribution is -0.141. The molecule has 2 aromatic carbocycles. The molecule has 1 N–H and O–H groups in total. The average molecular weight is 482 g/mol. The van der Waals surface area contributed by atoms with Gasteiger partial charge in [0.25, 0.3) is 0 Å². The molecule has 1 aliphatic heterocycles. The first kappa shape index (κ1) is 22.0. The van der Waals surface area contributed by atoms with E-state index in [0.29, 0.717) is 17.3 Å². The molecule has 0 saturated carbocycles. The van der Waals surface area contributed by atoms with Gasteiger partial charge in [-0.2, -0.15) is 5.21 Å². The SMILES string of the molecule is COC(=O)CC1CCn2c1c(Sc1ccc(Cl)cc1)c1c(C(C)C)cc(-c3nn[nH]n3)cc12. The molecule has 5 rings (SSSR count). The second-order valence-corrected chi connectivity index (χ2v) is 10.1. The Bertz CT molecular complexity index is 1320. The molecule has 170 valence electrons. The Hall–Kier alpha value is -2.84. The number of carbonyl (C=O) groups is 1. The number of ether oxygens (including phenoxy) is 1. The van der Waals surface area contributed by atoms with Crippen molar-refractivity contribution in [3.8, 4) is 11.4 Å². The predicted octanol–water partition coefficient (Wildman–Crippen LogP) is 5.80. The third kappa shape index (κ3) is 4.02. The van der Waals surface area contributed by atoms with E-state index in [1.807, 2.05) is 24.3 Å². The Morgan fingerprint density at radius 1 is 1.30 bits per heavy atom. The van der Waals surface area contributed by atoms with Gasteiger partial charge < -0.3 is 9.30 Å². The van der Waals surface area contributed by atoms with Gasteiger partial charge in [0.2, 0.25) is 5.82 Å². The fourth-order valence-electron chi connectivity index (χ4n) is 4.63. The Labute approximate surface area is 200 Å². The predicted molar refractivity (Wildman–Crippen MR) is 129 cm³/mol. The van der Waals surface area contributed by atoms with Crippen LogP contribution in [-0.2, 0) is 16.1 Å². The molecule has 1 atom stereocenters. The van der Waals surface area contributed by atoms with Crippen LogP contribution < -0.4 is 0 Å². The number of H-pyrrole nitrogens is 1. The van der Waals surface area contributed by atoms with E-state index in [0.717, 1.165) is 28.9 Å². The summed E-state index contributed by atoms with van der Waals surface area (Å²) in [4.78, 5) is 14.5. The normalized spacial score (nSPS) is 15.4. The lowest BCUT2D eigenvalue weighted by atomic mass is 9.94. The van der Waals surface area contributed by atoms with Crippen molar-refractivity contribution in [1.29, 1.82) is 0 Å². The van der Waals surface area contributed by atoms with Crippen molar-refractivity contribution >= 4 is 40.2 Å². The van der Waals surface area contributed by atoms with Gasteiger partial charge in [-0.15, -0.1) is 10.2 Å². The summed E-state index contributed by atoms with van der Waals surface area (Å²) in [6, 6.07) is 12.2. The Morgan fingerprint density at radius 2 is 2.09 bits per heavy atom. The molecule has 1 aliphatic rings. The minimum Gasteiger partial charge on any atom is -0.469 e. The molecular formula is C24H24ClN5O2S. The van der Waals surface area contributed by atoms with Crippen LogP contribution in [0.5, 0.6) is 0 Å². The van der Waals surface area contributed by atoms with Crippen molar-refractivity contribution in [3.05, 3.63) is 52.7 Å². The smallest absolute Gasteiger partial charge is 0.306 e. The fourth-order valence-corrected chi connectivity index (χ4v) is 5.97. The molecule has 4 aromatic rings. The maximum absolute atomic E-state index is 12.2. The Morgan fingerprint density at radius 3 is 2.76 bits per heavy atom. The summed E-state index contributed by atoms with van der Waals surface area (Å²) >= 11 is 7.86. The van der Waals surface area contributed by atoms with Gasteiger partial charge in [-0.1, -0.05) is 37.2 Å². The van der Waals surface area contributed by atoms with Crippen molar-refractivity contribution in [2.75, 3.05) is 7.11 Å². The molecule has 2 aromatic heterocycles. The molecule has 33 heavy (non-hydrogen) atoms. The van der Waals surface area contributed by atoms with Gasteiger partial charge in [0, 0.05) is 43.9 Å². The number of esters is 1. The summed E-state index contributed by atoms with van der Waals surface area (Å²) in [5.41, 5.74) is 4.49. The van der Waals surface area contributed by atoms with Crippen LogP contribution in [0.4, 0.5) is 0 Å². The third-order valence-corrected chi connectivity index (χ3v) is 7.55. The second kappa shape index (κ2) is 8.83. The molecule has 0 amide bonds. The van der Waals surface area contributed by atoms with Gasteiger partial charge in [-0.25, -0.2) is 0 Å². The maximum Gasteiger partial charge on any atom is 0.306 e. The van der Waals surface area contributed by atoms with E-state index in [1.54, 1.807) is 11.8 Å². The first-order chi connectivity index (χ1) is 16.0. The number of methoxy groups -OCH3 is 1. The molecule has 0 radical (unpaired) electrons. The summed E-state index contributed by atoms with van der Waals surface area (Å²) < 4.78 is 7.36. The van der Waals surface area contributed by atoms with Crippen molar-refractivity contribution in [3.63, 3.8) is 0 Å². The number of hydrogen-bond acceptors (Lipinski definition) is 6. The maximum atomic E-state index is 12.2. The number of aryl methyl sites for hydroxylation is 1. The van der Waals surface area contributed by atoms with Gasteiger partial charge in [0.1, 0.15) is 0 Å². The summed E-state index contributed by atoms with van der Waals surface area (Å²) in [6.45, 7) is 5.24. The van der Waals surface area contributed by atoms with Gasteiger partial charge in [0.05, 0.1) is 19.0 Å². The van der Waals surface area contributed by atoms with Crippen LogP contribution >= 0.6 is 23.4 Å². The van der Waals surface area contributed by atoms with Gasteiger partial charge in [-0.05, 0) is 59.5 Å². The number of fused-ring (bicyclic) bond motifs is 3. The van der Waals surface area contributed by atoms with Crippen LogP contribution in [0.2, 0.25) is 5.02 Å². The standard InChI is InChI=1S/C24H24ClN5O2S/c1-13(2)18-10-15(24-26-28-29-27-24)11-19-21(18)23(33-17-6-4-16(25)5-7-17)22-14(8-9-30(19)22)12-20(31)32-3/h4-7,10-11,13-14H,8-9,12H2,1-3H3,(H,26,27,28,29). The second-order valence-electron chi connectivity index (χ2n) is 8.54. The van der Waals surface area contributed by atoms with Crippen molar-refractivity contribution in [1.82, 2.24) is 25.2 Å². The quantitative estimate of drug-likeness (QED) is 0.350. The van der Waals surface area contributed by atoms with Gasteiger partial charge in [-0.3, -0.25) is 4.79 Å². The highest BCUT2D eigenvalue weighted by atomic mass is 35.5. The van der Waals surface area contributed by atoms with Crippen LogP contribution in [0.25, 0.3) is 22.3 Å². The largest absolute Gasteiger partial charge is 0.469 e. The van der Waals surface area contributed by atoms with Crippen LogP contribution in [-0.4, -0.2) is 38.3 Å². The molecule has 1 unspecified atom stereocenters. The van der Waals surface area contributed by atoms with E-state index in [9.17, 15) is 4.79 Å². The molecule has 7 nitrogen and oxygen atoms in total. The Kier molecular flexibility index (Phi) is 5.88. The summed E-state index contributed by atoms with van der Waals surface area (Å²) in [5, 5.41) is 16.6. The zero-order valence-corrected chi connectivity index (χ0v) is 20.2. The number of nitrogens with one attached hydrogen (secondary N) is 1. The first-order valence-corrected chi connectivity index (χ1v) is 12.1. The lowest BCUT2D eigenvalue weighted by Crippen LogP contribution is -2.07. The van der Waals surface area contributed by atoms with E-state index in [2.05, 4.69) is 51.2 Å². The number of nitrogens with zero attached hydrogens (tertiary/aromatic N) is 4. The zero-order chi connectivity index (χ0) is 23.1. The number of rotatable bonds is 6. The molecule has 0 spiro atoms. The number of carbonyl (C=O) groups excluding carboxylic acids is 1. The van der Waals surface area contributed by atoms with E-state index in [4.69, 9.17) is 16.3 Å². The molecule has 0 aliphatic carbocycles. The van der Waals surface area contributed by atoms with Crippen molar-refractivity contribution in [2.24, 2.45) is 0 Å². The molecule has 3 heterocycles. The number of aromatic nitrogens is 5. The topological polar surface area (TPSA) is 85.7 Å². The van der Waals surface area contributed by atoms with E-state index < -0.39 is 0 Å². The summed E-state index contributed by atoms with van der Waals surface area (Å²) in [5.74, 6) is 0.780. The monoisotopic (exact) mass is 481 g/mol. The molecule has 0 fully saturated rings. The van der Waals surface area contributed by atoms with Crippen molar-refractivity contribution < 1.29 is 9.53 Å². The summed E-state index contributed by atoms with van der Waals surface area (Å²) in [7, 11) is 1.45. The number of aromatic amines is 1. The van der Waals surface area contributed by atoms with Crippen LogP contribution in [0.15, 0.2) is 46.2 Å². The fraction of sp³-hybridized carbons (Fsp3) is 0.333. The lowest BCUT2D eigenvalue weighted by Gasteiger charge is -2.14. The number of tetrazole rings is 1. The van der Waals surface area contributed by atoms with E-state index >= 15 is 0 Å². The average Bonchev–Trinajstić information content (AvgIpc) is 3.54.